The molecule has 2 aromatic rings. The van der Waals surface area contributed by atoms with Gasteiger partial charge in [-0.2, -0.15) is 0 Å². The highest BCUT2D eigenvalue weighted by molar-refractivity contribution is 5.83. The molecule has 4 fully saturated rings. The van der Waals surface area contributed by atoms with Crippen molar-refractivity contribution in [1.82, 2.24) is 0 Å². The Morgan fingerprint density at radius 2 is 1.58 bits per heavy atom. The summed E-state index contributed by atoms with van der Waals surface area (Å²) in [5.74, 6) is 2.61. The Morgan fingerprint density at radius 1 is 0.923 bits per heavy atom. The second-order valence-electron chi connectivity index (χ2n) is 8.80. The molecular weight excluding hydrogens is 332 g/mol. The van der Waals surface area contributed by atoms with Crippen molar-refractivity contribution in [2.24, 2.45) is 23.7 Å². The van der Waals surface area contributed by atoms with Gasteiger partial charge in [-0.05, 0) is 62.1 Å². The number of hydrogen-bond donors (Lipinski definition) is 2. The lowest BCUT2D eigenvalue weighted by atomic mass is 9.47. The van der Waals surface area contributed by atoms with Crippen molar-refractivity contribution in [2.45, 2.75) is 49.9 Å². The summed E-state index contributed by atoms with van der Waals surface area (Å²) in [5.41, 5.74) is -0.447. The van der Waals surface area contributed by atoms with Crippen LogP contribution in [0.2, 0.25) is 0 Å². The Morgan fingerprint density at radius 3 is 2.27 bits per heavy atom. The van der Waals surface area contributed by atoms with Crippen molar-refractivity contribution in [3.05, 3.63) is 40.2 Å². The summed E-state index contributed by atoms with van der Waals surface area (Å²) in [4.78, 5) is 11.7. The lowest BCUT2D eigenvalue weighted by Crippen LogP contribution is -2.68. The van der Waals surface area contributed by atoms with Crippen molar-refractivity contribution < 1.29 is 19.4 Å². The first kappa shape index (κ1) is 15.2. The Hall–Kier alpha value is -1.85. The summed E-state index contributed by atoms with van der Waals surface area (Å²) in [7, 11) is 0. The Kier molecular flexibility index (Phi) is 2.87. The van der Waals surface area contributed by atoms with Crippen LogP contribution in [0.25, 0.3) is 11.0 Å². The number of aliphatic hydroxyl groups excluding tert-OH is 2. The standard InChI is InChI=1S/C21H22O5/c22-16-4-2-12-1-3-15-17(19(12)25-16)18(23)20(24)21(26-15)13-6-10-5-11(8-13)9-14(21)7-10/h1-4,10-11,13-14,18,20,23-24H,5-9H2/t10?,11?,13?,14?,18-,20-,21?/m0/s1. The maximum absolute atomic E-state index is 11.7. The van der Waals surface area contributed by atoms with E-state index in [1.165, 1.54) is 12.5 Å². The van der Waals surface area contributed by atoms with Crippen molar-refractivity contribution in [1.29, 1.82) is 0 Å². The number of hydrogen-bond acceptors (Lipinski definition) is 5. The van der Waals surface area contributed by atoms with Crippen LogP contribution >= 0.6 is 0 Å². The lowest BCUT2D eigenvalue weighted by Gasteiger charge is -2.63. The Balaban J connectivity index is 1.54. The quantitative estimate of drug-likeness (QED) is 0.711. The van der Waals surface area contributed by atoms with E-state index < -0.39 is 23.4 Å². The Labute approximate surface area is 150 Å². The molecule has 7 rings (SSSR count). The molecule has 2 heterocycles. The molecule has 1 spiro atoms. The highest BCUT2D eigenvalue weighted by atomic mass is 16.5. The molecule has 2 atom stereocenters. The molecule has 5 nitrogen and oxygen atoms in total. The van der Waals surface area contributed by atoms with E-state index in [9.17, 15) is 15.0 Å². The molecule has 1 aliphatic heterocycles. The van der Waals surface area contributed by atoms with E-state index in [2.05, 4.69) is 0 Å². The van der Waals surface area contributed by atoms with E-state index in [0.717, 1.165) is 42.9 Å². The van der Waals surface area contributed by atoms with Gasteiger partial charge in [-0.1, -0.05) is 0 Å². The van der Waals surface area contributed by atoms with Crippen molar-refractivity contribution >= 4 is 11.0 Å². The van der Waals surface area contributed by atoms with E-state index in [1.54, 1.807) is 6.07 Å². The van der Waals surface area contributed by atoms with Crippen LogP contribution in [0.15, 0.2) is 33.5 Å². The molecule has 0 amide bonds. The zero-order valence-electron chi connectivity index (χ0n) is 14.4. The minimum Gasteiger partial charge on any atom is -0.483 e. The molecule has 0 saturated heterocycles. The third-order valence-corrected chi connectivity index (χ3v) is 7.55. The molecule has 4 saturated carbocycles. The summed E-state index contributed by atoms with van der Waals surface area (Å²) in [6.45, 7) is 0. The van der Waals surface area contributed by atoms with Crippen molar-refractivity contribution in [3.8, 4) is 5.75 Å². The first-order valence-corrected chi connectivity index (χ1v) is 9.68. The van der Waals surface area contributed by atoms with Crippen LogP contribution in [-0.4, -0.2) is 21.9 Å². The van der Waals surface area contributed by atoms with Gasteiger partial charge in [0.15, 0.2) is 0 Å². The maximum Gasteiger partial charge on any atom is 0.336 e. The third-order valence-electron chi connectivity index (χ3n) is 7.55. The second kappa shape index (κ2) is 4.90. The van der Waals surface area contributed by atoms with E-state index in [0.29, 0.717) is 16.9 Å². The number of fused-ring (bicyclic) bond motifs is 3. The number of rotatable bonds is 0. The third kappa shape index (κ3) is 1.75. The highest BCUT2D eigenvalue weighted by Gasteiger charge is 2.65. The minimum absolute atomic E-state index is 0.287. The van der Waals surface area contributed by atoms with Crippen molar-refractivity contribution in [2.75, 3.05) is 0 Å². The number of ether oxygens (including phenoxy) is 1. The molecular formula is C21H22O5. The molecule has 2 N–H and O–H groups in total. The monoisotopic (exact) mass is 354 g/mol. The van der Waals surface area contributed by atoms with Gasteiger partial charge in [-0.25, -0.2) is 4.79 Å². The van der Waals surface area contributed by atoms with Crippen LogP contribution in [0.3, 0.4) is 0 Å². The van der Waals surface area contributed by atoms with Crippen LogP contribution in [-0.2, 0) is 0 Å². The lowest BCUT2D eigenvalue weighted by molar-refractivity contribution is -0.237. The van der Waals surface area contributed by atoms with Crippen LogP contribution in [0.5, 0.6) is 5.75 Å². The molecule has 1 aromatic heterocycles. The van der Waals surface area contributed by atoms with Gasteiger partial charge in [0.05, 0.1) is 5.56 Å². The predicted octanol–water partition coefficient (Wildman–Crippen LogP) is 2.77. The topological polar surface area (TPSA) is 79.9 Å². The van der Waals surface area contributed by atoms with E-state index >= 15 is 0 Å². The molecule has 136 valence electrons. The maximum atomic E-state index is 11.7. The van der Waals surface area contributed by atoms with Gasteiger partial charge in [0, 0.05) is 23.3 Å². The minimum atomic E-state index is -1.11. The highest BCUT2D eigenvalue weighted by Crippen LogP contribution is 2.63. The molecule has 1 aromatic carbocycles. The fourth-order valence-electron chi connectivity index (χ4n) is 6.73. The molecule has 0 radical (unpaired) electrons. The normalized spacial score (nSPS) is 42.8. The summed E-state index contributed by atoms with van der Waals surface area (Å²) < 4.78 is 11.9. The summed E-state index contributed by atoms with van der Waals surface area (Å²) in [5, 5.41) is 23.0. The van der Waals surface area contributed by atoms with Gasteiger partial charge in [0.2, 0.25) is 0 Å². The van der Waals surface area contributed by atoms with E-state index in [-0.39, 0.29) is 11.8 Å². The summed E-state index contributed by atoms with van der Waals surface area (Å²) in [6.07, 6.45) is 3.52. The number of aliphatic hydroxyl groups is 2. The SMILES string of the molecule is O=c1ccc2ccc3c(c2o1)[C@H](O)[C@H](O)C1(O3)C2CC3CC(C2)CC1C3. The van der Waals surface area contributed by atoms with Gasteiger partial charge >= 0.3 is 5.63 Å². The largest absolute Gasteiger partial charge is 0.483 e. The van der Waals surface area contributed by atoms with Gasteiger partial charge in [-0.15, -0.1) is 0 Å². The van der Waals surface area contributed by atoms with Crippen LogP contribution in [0, 0.1) is 23.7 Å². The fourth-order valence-corrected chi connectivity index (χ4v) is 6.73. The van der Waals surface area contributed by atoms with Gasteiger partial charge in [0.25, 0.3) is 0 Å². The Bertz CT molecular complexity index is 933. The smallest absolute Gasteiger partial charge is 0.336 e. The summed E-state index contributed by atoms with van der Waals surface area (Å²) in [6, 6.07) is 6.74. The van der Waals surface area contributed by atoms with Gasteiger partial charge in [0.1, 0.15) is 29.1 Å². The summed E-state index contributed by atoms with van der Waals surface area (Å²) >= 11 is 0. The average Bonchev–Trinajstić information content (AvgIpc) is 2.62. The first-order chi connectivity index (χ1) is 12.6. The van der Waals surface area contributed by atoms with Crippen LogP contribution in [0.1, 0.15) is 43.8 Å². The average molecular weight is 354 g/mol. The molecule has 0 unspecified atom stereocenters. The van der Waals surface area contributed by atoms with Crippen LogP contribution in [0.4, 0.5) is 0 Å². The van der Waals surface area contributed by atoms with Crippen LogP contribution < -0.4 is 10.4 Å². The van der Waals surface area contributed by atoms with Crippen molar-refractivity contribution in [3.63, 3.8) is 0 Å². The van der Waals surface area contributed by atoms with E-state index in [4.69, 9.17) is 9.15 Å². The predicted molar refractivity (Wildman–Crippen MR) is 93.9 cm³/mol. The molecule has 4 bridgehead atoms. The zero-order chi connectivity index (χ0) is 17.6. The zero-order valence-corrected chi connectivity index (χ0v) is 14.4. The molecule has 4 aliphatic carbocycles. The molecule has 26 heavy (non-hydrogen) atoms. The first-order valence-electron chi connectivity index (χ1n) is 9.68. The van der Waals surface area contributed by atoms with Gasteiger partial charge < -0.3 is 19.4 Å². The second-order valence-corrected chi connectivity index (χ2v) is 8.80. The van der Waals surface area contributed by atoms with Gasteiger partial charge in [-0.3, -0.25) is 0 Å². The van der Waals surface area contributed by atoms with E-state index in [1.807, 2.05) is 12.1 Å². The number of benzene rings is 1. The molecule has 5 aliphatic rings. The molecule has 5 heteroatoms. The fraction of sp³-hybridized carbons (Fsp3) is 0.571.